The third-order valence-corrected chi connectivity index (χ3v) is 3.18. The molecule has 0 saturated heterocycles. The summed E-state index contributed by atoms with van der Waals surface area (Å²) in [5.74, 6) is -0.174. The molecule has 19 heavy (non-hydrogen) atoms. The number of hydrogen-bond acceptors (Lipinski definition) is 1. The van der Waals surface area contributed by atoms with Crippen LogP contribution in [-0.4, -0.2) is 11.1 Å². The molecule has 0 unspecified atom stereocenters. The largest absolute Gasteiger partial charge is 0.346 e. The van der Waals surface area contributed by atoms with E-state index in [1.807, 2.05) is 18.3 Å². The van der Waals surface area contributed by atoms with E-state index in [2.05, 4.69) is 22.9 Å². The molecule has 0 aliphatic rings. The van der Waals surface area contributed by atoms with Gasteiger partial charge < -0.3 is 9.88 Å². The molecule has 0 aliphatic heterocycles. The molecule has 0 bridgehead atoms. The van der Waals surface area contributed by atoms with Crippen LogP contribution in [0.1, 0.15) is 31.0 Å². The highest BCUT2D eigenvalue weighted by atomic mass is 19.1. The van der Waals surface area contributed by atoms with Crippen molar-refractivity contribution in [2.75, 3.05) is 6.54 Å². The van der Waals surface area contributed by atoms with Gasteiger partial charge in [0.15, 0.2) is 0 Å². The van der Waals surface area contributed by atoms with Crippen LogP contribution in [-0.2, 0) is 13.1 Å². The molecule has 2 aromatic rings. The lowest BCUT2D eigenvalue weighted by Crippen LogP contribution is -2.17. The first-order valence-electron chi connectivity index (χ1n) is 6.89. The minimum atomic E-state index is -0.174. The van der Waals surface area contributed by atoms with E-state index in [1.165, 1.54) is 24.6 Å². The summed E-state index contributed by atoms with van der Waals surface area (Å²) < 4.78 is 15.3. The second-order valence-corrected chi connectivity index (χ2v) is 4.79. The molecule has 0 radical (unpaired) electrons. The Hall–Kier alpha value is -1.61. The maximum absolute atomic E-state index is 13.2. The second-order valence-electron chi connectivity index (χ2n) is 4.79. The number of nitrogens with zero attached hydrogens (tertiary/aromatic N) is 1. The lowest BCUT2D eigenvalue weighted by molar-refractivity contribution is 0.605. The van der Waals surface area contributed by atoms with Crippen LogP contribution in [0.4, 0.5) is 4.39 Å². The van der Waals surface area contributed by atoms with Crippen LogP contribution in [0.2, 0.25) is 0 Å². The molecule has 0 aliphatic carbocycles. The fraction of sp³-hybridized carbons (Fsp3) is 0.375. The van der Waals surface area contributed by atoms with E-state index in [-0.39, 0.29) is 5.82 Å². The molecular weight excluding hydrogens is 239 g/mol. The van der Waals surface area contributed by atoms with E-state index in [1.54, 1.807) is 12.1 Å². The molecular formula is C16H21FN2. The standard InChI is InChI=1S/C16H21FN2/c1-2-3-9-18-12-16-8-5-10-19(16)13-14-6-4-7-15(17)11-14/h4-8,10-11,18H,2-3,9,12-13H2,1H3. The van der Waals surface area contributed by atoms with Crippen molar-refractivity contribution in [3.05, 3.63) is 59.7 Å². The normalized spacial score (nSPS) is 10.8. The van der Waals surface area contributed by atoms with E-state index < -0.39 is 0 Å². The second kappa shape index (κ2) is 7.10. The maximum Gasteiger partial charge on any atom is 0.123 e. The van der Waals surface area contributed by atoms with Crippen molar-refractivity contribution >= 4 is 0 Å². The zero-order chi connectivity index (χ0) is 13.5. The SMILES string of the molecule is CCCCNCc1cccn1Cc1cccc(F)c1. The van der Waals surface area contributed by atoms with Crippen molar-refractivity contribution in [3.8, 4) is 0 Å². The van der Waals surface area contributed by atoms with E-state index in [0.717, 1.165) is 25.2 Å². The van der Waals surface area contributed by atoms with Gasteiger partial charge in [0, 0.05) is 25.0 Å². The Morgan fingerprint density at radius 3 is 2.89 bits per heavy atom. The molecule has 3 heteroatoms. The number of rotatable bonds is 7. The first-order valence-corrected chi connectivity index (χ1v) is 6.89. The van der Waals surface area contributed by atoms with Gasteiger partial charge in [0.05, 0.1) is 0 Å². The summed E-state index contributed by atoms with van der Waals surface area (Å²) in [5, 5.41) is 3.43. The molecule has 0 amide bonds. The number of benzene rings is 1. The van der Waals surface area contributed by atoms with E-state index in [9.17, 15) is 4.39 Å². The number of halogens is 1. The fourth-order valence-corrected chi connectivity index (χ4v) is 2.11. The van der Waals surface area contributed by atoms with Crippen LogP contribution >= 0.6 is 0 Å². The first-order chi connectivity index (χ1) is 9.29. The van der Waals surface area contributed by atoms with Crippen molar-refractivity contribution < 1.29 is 4.39 Å². The summed E-state index contributed by atoms with van der Waals surface area (Å²) in [5.41, 5.74) is 2.23. The highest BCUT2D eigenvalue weighted by Gasteiger charge is 2.02. The Morgan fingerprint density at radius 2 is 2.11 bits per heavy atom. The summed E-state index contributed by atoms with van der Waals surface area (Å²) in [6.45, 7) is 4.81. The minimum absolute atomic E-state index is 0.174. The summed E-state index contributed by atoms with van der Waals surface area (Å²) in [6, 6.07) is 10.9. The zero-order valence-corrected chi connectivity index (χ0v) is 11.4. The Balaban J connectivity index is 1.95. The van der Waals surface area contributed by atoms with Crippen molar-refractivity contribution in [1.29, 1.82) is 0 Å². The smallest absolute Gasteiger partial charge is 0.123 e. The molecule has 1 aromatic heterocycles. The quantitative estimate of drug-likeness (QED) is 0.753. The topological polar surface area (TPSA) is 17.0 Å². The molecule has 2 nitrogen and oxygen atoms in total. The average molecular weight is 260 g/mol. The highest BCUT2D eigenvalue weighted by Crippen LogP contribution is 2.09. The Kier molecular flexibility index (Phi) is 5.16. The molecule has 0 saturated carbocycles. The summed E-state index contributed by atoms with van der Waals surface area (Å²) in [7, 11) is 0. The Labute approximate surface area is 114 Å². The lowest BCUT2D eigenvalue weighted by Gasteiger charge is -2.10. The maximum atomic E-state index is 13.2. The van der Waals surface area contributed by atoms with Gasteiger partial charge in [-0.2, -0.15) is 0 Å². The van der Waals surface area contributed by atoms with Crippen molar-refractivity contribution in [2.24, 2.45) is 0 Å². The van der Waals surface area contributed by atoms with Gasteiger partial charge in [-0.15, -0.1) is 0 Å². The molecule has 1 N–H and O–H groups in total. The van der Waals surface area contributed by atoms with Gasteiger partial charge in [0.2, 0.25) is 0 Å². The molecule has 102 valence electrons. The molecule has 0 atom stereocenters. The van der Waals surface area contributed by atoms with E-state index in [0.29, 0.717) is 0 Å². The highest BCUT2D eigenvalue weighted by molar-refractivity contribution is 5.18. The van der Waals surface area contributed by atoms with Crippen molar-refractivity contribution in [1.82, 2.24) is 9.88 Å². The number of nitrogens with one attached hydrogen (secondary N) is 1. The van der Waals surface area contributed by atoms with Gasteiger partial charge in [-0.05, 0) is 42.8 Å². The molecule has 1 heterocycles. The van der Waals surface area contributed by atoms with Gasteiger partial charge >= 0.3 is 0 Å². The number of unbranched alkanes of at least 4 members (excludes halogenated alkanes) is 1. The van der Waals surface area contributed by atoms with Gasteiger partial charge in [0.25, 0.3) is 0 Å². The Morgan fingerprint density at radius 1 is 1.21 bits per heavy atom. The summed E-state index contributed by atoms with van der Waals surface area (Å²) in [4.78, 5) is 0. The zero-order valence-electron chi connectivity index (χ0n) is 11.4. The molecule has 0 spiro atoms. The van der Waals surface area contributed by atoms with E-state index in [4.69, 9.17) is 0 Å². The average Bonchev–Trinajstić information content (AvgIpc) is 2.82. The number of aromatic nitrogens is 1. The van der Waals surface area contributed by atoms with E-state index >= 15 is 0 Å². The molecule has 0 fully saturated rings. The Bertz CT molecular complexity index is 505. The van der Waals surface area contributed by atoms with Crippen LogP contribution in [0.15, 0.2) is 42.6 Å². The van der Waals surface area contributed by atoms with Gasteiger partial charge in [-0.3, -0.25) is 0 Å². The third kappa shape index (κ3) is 4.21. The van der Waals surface area contributed by atoms with Crippen molar-refractivity contribution in [3.63, 3.8) is 0 Å². The van der Waals surface area contributed by atoms with Crippen LogP contribution in [0.3, 0.4) is 0 Å². The number of hydrogen-bond donors (Lipinski definition) is 1. The fourth-order valence-electron chi connectivity index (χ4n) is 2.11. The predicted octanol–water partition coefficient (Wildman–Crippen LogP) is 3.57. The predicted molar refractivity (Wildman–Crippen MR) is 76.5 cm³/mol. The van der Waals surface area contributed by atoms with Crippen LogP contribution in [0.5, 0.6) is 0 Å². The lowest BCUT2D eigenvalue weighted by atomic mass is 10.2. The summed E-state index contributed by atoms with van der Waals surface area (Å²) in [6.07, 6.45) is 4.45. The third-order valence-electron chi connectivity index (χ3n) is 3.18. The van der Waals surface area contributed by atoms with Crippen molar-refractivity contribution in [2.45, 2.75) is 32.9 Å². The van der Waals surface area contributed by atoms with Gasteiger partial charge in [0.1, 0.15) is 5.82 Å². The van der Waals surface area contributed by atoms with Gasteiger partial charge in [-0.25, -0.2) is 4.39 Å². The monoisotopic (exact) mass is 260 g/mol. The minimum Gasteiger partial charge on any atom is -0.346 e. The van der Waals surface area contributed by atoms with Crippen LogP contribution in [0.25, 0.3) is 0 Å². The molecule has 1 aromatic carbocycles. The first kappa shape index (κ1) is 13.8. The van der Waals surface area contributed by atoms with Gasteiger partial charge in [-0.1, -0.05) is 25.5 Å². The van der Waals surface area contributed by atoms with Crippen LogP contribution in [0, 0.1) is 5.82 Å². The summed E-state index contributed by atoms with van der Waals surface area (Å²) >= 11 is 0. The molecule has 2 rings (SSSR count). The van der Waals surface area contributed by atoms with Crippen LogP contribution < -0.4 is 5.32 Å².